The number of nitrogens with one attached hydrogen (secondary N) is 1. The van der Waals surface area contributed by atoms with Crippen LogP contribution in [0.3, 0.4) is 0 Å². The van der Waals surface area contributed by atoms with Crippen LogP contribution >= 0.6 is 11.8 Å². The van der Waals surface area contributed by atoms with E-state index in [1.54, 1.807) is 22.7 Å². The molecule has 2 N–H and O–H groups in total. The first kappa shape index (κ1) is 18.4. The summed E-state index contributed by atoms with van der Waals surface area (Å²) < 4.78 is 0. The smallest absolute Gasteiger partial charge is 0.303 e. The molecule has 138 valence electrons. The maximum Gasteiger partial charge on any atom is 0.303 e. The second-order valence-corrected chi connectivity index (χ2v) is 7.52. The lowest BCUT2D eigenvalue weighted by Crippen LogP contribution is -2.52. The van der Waals surface area contributed by atoms with Gasteiger partial charge in [0.05, 0.1) is 0 Å². The van der Waals surface area contributed by atoms with Crippen LogP contribution in [0.4, 0.5) is 0 Å². The fraction of sp³-hybridized carbons (Fsp3) is 0.444. The second kappa shape index (κ2) is 7.90. The van der Waals surface area contributed by atoms with Gasteiger partial charge in [0.2, 0.25) is 11.8 Å². The van der Waals surface area contributed by atoms with Crippen LogP contribution in [0.15, 0.2) is 23.1 Å². The van der Waals surface area contributed by atoms with Crippen molar-refractivity contribution in [2.24, 2.45) is 0 Å². The molecule has 26 heavy (non-hydrogen) atoms. The third-order valence-electron chi connectivity index (χ3n) is 4.58. The molecule has 0 radical (unpaired) electrons. The predicted octanol–water partition coefficient (Wildman–Crippen LogP) is 1.79. The lowest BCUT2D eigenvalue weighted by molar-refractivity contribution is -0.138. The van der Waals surface area contributed by atoms with Gasteiger partial charge in [0.15, 0.2) is 0 Å². The van der Waals surface area contributed by atoms with Crippen molar-refractivity contribution in [3.63, 3.8) is 0 Å². The fourth-order valence-electron chi connectivity index (χ4n) is 3.25. The highest BCUT2D eigenvalue weighted by Crippen LogP contribution is 2.34. The lowest BCUT2D eigenvalue weighted by Gasteiger charge is -2.29. The summed E-state index contributed by atoms with van der Waals surface area (Å²) in [6.07, 6.45) is 2.16. The van der Waals surface area contributed by atoms with Gasteiger partial charge in [-0.05, 0) is 42.7 Å². The van der Waals surface area contributed by atoms with Crippen LogP contribution < -0.4 is 5.32 Å². The Labute approximate surface area is 155 Å². The Bertz CT molecular complexity index is 764. The van der Waals surface area contributed by atoms with Crippen molar-refractivity contribution < 1.29 is 24.3 Å². The molecule has 1 aromatic rings. The van der Waals surface area contributed by atoms with Crippen LogP contribution in [0.25, 0.3) is 0 Å². The zero-order valence-corrected chi connectivity index (χ0v) is 15.0. The Morgan fingerprint density at radius 3 is 2.81 bits per heavy atom. The zero-order chi connectivity index (χ0) is 18.7. The van der Waals surface area contributed by atoms with Crippen molar-refractivity contribution >= 4 is 35.5 Å². The van der Waals surface area contributed by atoms with E-state index in [9.17, 15) is 19.2 Å². The highest BCUT2D eigenvalue weighted by atomic mass is 32.2. The van der Waals surface area contributed by atoms with E-state index in [4.69, 9.17) is 5.11 Å². The first-order chi connectivity index (χ1) is 12.5. The number of thioether (sulfide) groups is 1. The van der Waals surface area contributed by atoms with Crippen LogP contribution in [0.1, 0.15) is 48.0 Å². The Kier molecular flexibility index (Phi) is 5.61. The number of carboxylic acid groups (broad SMARTS) is 1. The van der Waals surface area contributed by atoms with Gasteiger partial charge in [0.1, 0.15) is 6.04 Å². The molecule has 8 heteroatoms. The van der Waals surface area contributed by atoms with Crippen LogP contribution in [-0.4, -0.2) is 45.5 Å². The minimum atomic E-state index is -0.791. The number of hydrogen-bond acceptors (Lipinski definition) is 5. The molecule has 2 aliphatic rings. The van der Waals surface area contributed by atoms with E-state index >= 15 is 0 Å². The molecule has 0 bridgehead atoms. The number of aliphatic carboxylic acids is 1. The van der Waals surface area contributed by atoms with E-state index in [1.807, 2.05) is 12.1 Å². The number of amides is 3. The third-order valence-corrected chi connectivity index (χ3v) is 5.77. The molecule has 2 aliphatic heterocycles. The number of unbranched alkanes of at least 4 members (excludes halogenated alkanes) is 1. The first-order valence-corrected chi connectivity index (χ1v) is 9.57. The molecule has 2 heterocycles. The number of imide groups is 1. The van der Waals surface area contributed by atoms with Crippen molar-refractivity contribution in [1.82, 2.24) is 10.2 Å². The first-order valence-electron chi connectivity index (χ1n) is 8.58. The van der Waals surface area contributed by atoms with Gasteiger partial charge in [0.25, 0.3) is 5.91 Å². The third kappa shape index (κ3) is 3.90. The molecule has 0 spiro atoms. The number of fused-ring (bicyclic) bond motifs is 1. The largest absolute Gasteiger partial charge is 0.481 e. The maximum atomic E-state index is 12.7. The minimum absolute atomic E-state index is 0.162. The van der Waals surface area contributed by atoms with E-state index in [0.29, 0.717) is 24.9 Å². The average Bonchev–Trinajstić information content (AvgIpc) is 2.92. The molecule has 1 saturated heterocycles. The topological polar surface area (TPSA) is 104 Å². The standard InChI is InChI=1S/C18H20N2O5S/c21-15-8-7-13(17(24)19-15)20-10-12-11(18(20)25)4-3-5-14(12)26-9-2-1-6-16(22)23/h3-5,13H,1-2,6-10H2,(H,22,23)(H,19,21,24). The molecule has 7 nitrogen and oxygen atoms in total. The SMILES string of the molecule is O=C(O)CCCCSc1cccc2c1CN(C1CCC(=O)NC1=O)C2=O. The molecule has 0 saturated carbocycles. The van der Waals surface area contributed by atoms with Crippen molar-refractivity contribution in [3.8, 4) is 0 Å². The number of carboxylic acids is 1. The lowest BCUT2D eigenvalue weighted by atomic mass is 10.0. The van der Waals surface area contributed by atoms with Gasteiger partial charge in [-0.25, -0.2) is 0 Å². The Morgan fingerprint density at radius 1 is 1.27 bits per heavy atom. The summed E-state index contributed by atoms with van der Waals surface area (Å²) in [6.45, 7) is 0.360. The molecule has 1 atom stereocenters. The van der Waals surface area contributed by atoms with Crippen molar-refractivity contribution in [2.45, 2.75) is 49.6 Å². The van der Waals surface area contributed by atoms with Crippen LogP contribution in [0.5, 0.6) is 0 Å². The highest BCUT2D eigenvalue weighted by molar-refractivity contribution is 7.99. The zero-order valence-electron chi connectivity index (χ0n) is 14.2. The van der Waals surface area contributed by atoms with E-state index < -0.39 is 17.9 Å². The van der Waals surface area contributed by atoms with Gasteiger partial charge in [-0.1, -0.05) is 6.07 Å². The van der Waals surface area contributed by atoms with Gasteiger partial charge in [0, 0.05) is 29.8 Å². The Balaban J connectivity index is 1.66. The summed E-state index contributed by atoms with van der Waals surface area (Å²) in [5.74, 6) is -0.904. The molecule has 3 amide bonds. The van der Waals surface area contributed by atoms with Crippen molar-refractivity contribution in [3.05, 3.63) is 29.3 Å². The molecular formula is C18H20N2O5S. The summed E-state index contributed by atoms with van der Waals surface area (Å²) in [6, 6.07) is 4.92. The van der Waals surface area contributed by atoms with Crippen molar-refractivity contribution in [2.75, 3.05) is 5.75 Å². The number of nitrogens with zero attached hydrogens (tertiary/aromatic N) is 1. The molecular weight excluding hydrogens is 356 g/mol. The van der Waals surface area contributed by atoms with Gasteiger partial charge in [-0.3, -0.25) is 24.5 Å². The quantitative estimate of drug-likeness (QED) is 0.427. The molecule has 1 unspecified atom stereocenters. The number of benzene rings is 1. The van der Waals surface area contributed by atoms with E-state index in [1.165, 1.54) is 0 Å². The normalized spacial score (nSPS) is 19.5. The number of rotatable bonds is 7. The summed E-state index contributed by atoms with van der Waals surface area (Å²) in [5.41, 5.74) is 1.51. The van der Waals surface area contributed by atoms with Gasteiger partial charge < -0.3 is 10.0 Å². The highest BCUT2D eigenvalue weighted by Gasteiger charge is 2.39. The number of carbonyl (C=O) groups is 4. The molecule has 1 aromatic carbocycles. The maximum absolute atomic E-state index is 12.7. The van der Waals surface area contributed by atoms with Gasteiger partial charge in [-0.2, -0.15) is 0 Å². The monoisotopic (exact) mass is 376 g/mol. The minimum Gasteiger partial charge on any atom is -0.481 e. The van der Waals surface area contributed by atoms with E-state index in [2.05, 4.69) is 5.32 Å². The Hall–Kier alpha value is -2.35. The predicted molar refractivity (Wildman–Crippen MR) is 94.7 cm³/mol. The number of piperidine rings is 1. The van der Waals surface area contributed by atoms with E-state index in [0.717, 1.165) is 22.6 Å². The molecule has 1 fully saturated rings. The van der Waals surface area contributed by atoms with Gasteiger partial charge >= 0.3 is 5.97 Å². The fourth-order valence-corrected chi connectivity index (χ4v) is 4.34. The average molecular weight is 376 g/mol. The summed E-state index contributed by atoms with van der Waals surface area (Å²) in [5, 5.41) is 11.0. The molecule has 0 aliphatic carbocycles. The Morgan fingerprint density at radius 2 is 2.08 bits per heavy atom. The van der Waals surface area contributed by atoms with E-state index in [-0.39, 0.29) is 24.7 Å². The summed E-state index contributed by atoms with van der Waals surface area (Å²) in [4.78, 5) is 49.2. The van der Waals surface area contributed by atoms with Crippen LogP contribution in [0.2, 0.25) is 0 Å². The summed E-state index contributed by atoms with van der Waals surface area (Å²) in [7, 11) is 0. The van der Waals surface area contributed by atoms with Gasteiger partial charge in [-0.15, -0.1) is 11.8 Å². The number of hydrogen-bond donors (Lipinski definition) is 2. The molecule has 3 rings (SSSR count). The van der Waals surface area contributed by atoms with Crippen LogP contribution in [0, 0.1) is 0 Å². The number of carbonyl (C=O) groups excluding carboxylic acids is 3. The summed E-state index contributed by atoms with van der Waals surface area (Å²) >= 11 is 1.60. The second-order valence-electron chi connectivity index (χ2n) is 6.38. The molecule has 0 aromatic heterocycles. The van der Waals surface area contributed by atoms with Crippen molar-refractivity contribution in [1.29, 1.82) is 0 Å². The van der Waals surface area contributed by atoms with Crippen LogP contribution in [-0.2, 0) is 20.9 Å².